The van der Waals surface area contributed by atoms with Crippen LogP contribution >= 0.6 is 11.6 Å². The van der Waals surface area contributed by atoms with Crippen LogP contribution in [0.15, 0.2) is 36.4 Å². The first kappa shape index (κ1) is 13.8. The molecule has 21 heavy (non-hydrogen) atoms. The standard InChI is InChI=1S/C15H12ClFN2O2/c16-12-8-9(19(20)21)4-6-15(12)18-14-7-5-10-11(14)2-1-3-13(10)17/h1-4,6,8,14,18H,5,7H2. The van der Waals surface area contributed by atoms with Crippen molar-refractivity contribution in [2.45, 2.75) is 18.9 Å². The van der Waals surface area contributed by atoms with Crippen LogP contribution in [0.3, 0.4) is 0 Å². The molecule has 1 aliphatic rings. The first-order valence-electron chi connectivity index (χ1n) is 6.54. The fourth-order valence-electron chi connectivity index (χ4n) is 2.68. The Labute approximate surface area is 125 Å². The molecule has 2 aromatic rings. The molecule has 0 aliphatic heterocycles. The van der Waals surface area contributed by atoms with E-state index in [2.05, 4.69) is 5.32 Å². The lowest BCUT2D eigenvalue weighted by atomic mass is 10.1. The highest BCUT2D eigenvalue weighted by Crippen LogP contribution is 2.37. The summed E-state index contributed by atoms with van der Waals surface area (Å²) in [5.74, 6) is -0.188. The van der Waals surface area contributed by atoms with Gasteiger partial charge in [0.05, 0.1) is 21.7 Å². The second-order valence-electron chi connectivity index (χ2n) is 4.96. The first-order chi connectivity index (χ1) is 10.1. The molecular weight excluding hydrogens is 295 g/mol. The molecule has 0 saturated heterocycles. The third-order valence-electron chi connectivity index (χ3n) is 3.71. The molecule has 0 radical (unpaired) electrons. The van der Waals surface area contributed by atoms with Crippen LogP contribution in [-0.4, -0.2) is 4.92 Å². The quantitative estimate of drug-likeness (QED) is 0.671. The van der Waals surface area contributed by atoms with Crippen LogP contribution in [0, 0.1) is 15.9 Å². The van der Waals surface area contributed by atoms with Gasteiger partial charge in [-0.3, -0.25) is 10.1 Å². The van der Waals surface area contributed by atoms with E-state index in [1.54, 1.807) is 12.1 Å². The fourth-order valence-corrected chi connectivity index (χ4v) is 2.91. The van der Waals surface area contributed by atoms with E-state index >= 15 is 0 Å². The van der Waals surface area contributed by atoms with Gasteiger partial charge in [0.1, 0.15) is 5.82 Å². The Kier molecular flexibility index (Phi) is 3.51. The molecule has 108 valence electrons. The number of anilines is 1. The molecule has 0 heterocycles. The van der Waals surface area contributed by atoms with Crippen molar-refractivity contribution < 1.29 is 9.31 Å². The van der Waals surface area contributed by atoms with Gasteiger partial charge in [0.25, 0.3) is 5.69 Å². The average molecular weight is 307 g/mol. The molecule has 1 unspecified atom stereocenters. The van der Waals surface area contributed by atoms with Crippen LogP contribution in [0.25, 0.3) is 0 Å². The number of nitro benzene ring substituents is 1. The minimum atomic E-state index is -0.490. The number of hydrogen-bond acceptors (Lipinski definition) is 3. The maximum Gasteiger partial charge on any atom is 0.271 e. The van der Waals surface area contributed by atoms with Crippen LogP contribution in [0.1, 0.15) is 23.6 Å². The topological polar surface area (TPSA) is 55.2 Å². The van der Waals surface area contributed by atoms with E-state index in [-0.39, 0.29) is 22.6 Å². The van der Waals surface area contributed by atoms with Gasteiger partial charge in [-0.2, -0.15) is 0 Å². The third kappa shape index (κ3) is 2.56. The summed E-state index contributed by atoms with van der Waals surface area (Å²) in [6.45, 7) is 0. The maximum absolute atomic E-state index is 13.7. The van der Waals surface area contributed by atoms with E-state index in [0.717, 1.165) is 17.5 Å². The first-order valence-corrected chi connectivity index (χ1v) is 6.92. The van der Waals surface area contributed by atoms with Crippen LogP contribution in [0.5, 0.6) is 0 Å². The van der Waals surface area contributed by atoms with Gasteiger partial charge in [0, 0.05) is 12.1 Å². The van der Waals surface area contributed by atoms with Crippen molar-refractivity contribution in [2.24, 2.45) is 0 Å². The Morgan fingerprint density at radius 3 is 2.86 bits per heavy atom. The van der Waals surface area contributed by atoms with Gasteiger partial charge >= 0.3 is 0 Å². The molecule has 1 aliphatic carbocycles. The highest BCUT2D eigenvalue weighted by Gasteiger charge is 2.25. The Morgan fingerprint density at radius 1 is 1.33 bits per heavy atom. The fraction of sp³-hybridized carbons (Fsp3) is 0.200. The summed E-state index contributed by atoms with van der Waals surface area (Å²) >= 11 is 6.07. The number of halogens is 2. The summed E-state index contributed by atoms with van der Waals surface area (Å²) in [5.41, 5.74) is 2.21. The van der Waals surface area contributed by atoms with Gasteiger partial charge in [-0.15, -0.1) is 0 Å². The second-order valence-corrected chi connectivity index (χ2v) is 5.37. The third-order valence-corrected chi connectivity index (χ3v) is 4.02. The zero-order valence-electron chi connectivity index (χ0n) is 11.0. The van der Waals surface area contributed by atoms with E-state index in [0.29, 0.717) is 12.1 Å². The highest BCUT2D eigenvalue weighted by molar-refractivity contribution is 6.33. The predicted octanol–water partition coefficient (Wildman–Crippen LogP) is 4.49. The number of benzene rings is 2. The molecule has 1 N–H and O–H groups in total. The summed E-state index contributed by atoms with van der Waals surface area (Å²) in [5, 5.41) is 14.2. The van der Waals surface area contributed by atoms with Crippen LogP contribution in [0.2, 0.25) is 5.02 Å². The van der Waals surface area contributed by atoms with E-state index in [4.69, 9.17) is 11.6 Å². The number of rotatable bonds is 3. The van der Waals surface area contributed by atoms with E-state index in [9.17, 15) is 14.5 Å². The largest absolute Gasteiger partial charge is 0.377 e. The van der Waals surface area contributed by atoms with Gasteiger partial charge in [0.2, 0.25) is 0 Å². The molecular formula is C15H12ClFN2O2. The van der Waals surface area contributed by atoms with Crippen LogP contribution in [-0.2, 0) is 6.42 Å². The SMILES string of the molecule is O=[N+]([O-])c1ccc(NC2CCc3c(F)cccc32)c(Cl)c1. The Hall–Kier alpha value is -2.14. The van der Waals surface area contributed by atoms with Gasteiger partial charge in [-0.1, -0.05) is 23.7 Å². The van der Waals surface area contributed by atoms with Gasteiger partial charge in [0.15, 0.2) is 0 Å². The minimum absolute atomic E-state index is 0.0327. The van der Waals surface area contributed by atoms with E-state index < -0.39 is 4.92 Å². The molecule has 0 saturated carbocycles. The maximum atomic E-state index is 13.7. The molecule has 3 rings (SSSR count). The van der Waals surface area contributed by atoms with Crippen molar-refractivity contribution in [2.75, 3.05) is 5.32 Å². The van der Waals surface area contributed by atoms with Crippen molar-refractivity contribution >= 4 is 23.0 Å². The number of nitro groups is 1. The lowest BCUT2D eigenvalue weighted by molar-refractivity contribution is -0.384. The molecule has 0 amide bonds. The van der Waals surface area contributed by atoms with Gasteiger partial charge < -0.3 is 5.32 Å². The van der Waals surface area contributed by atoms with Crippen molar-refractivity contribution in [1.29, 1.82) is 0 Å². The number of nitrogens with zero attached hydrogens (tertiary/aromatic N) is 1. The van der Waals surface area contributed by atoms with Crippen molar-refractivity contribution in [3.8, 4) is 0 Å². The van der Waals surface area contributed by atoms with E-state index in [1.165, 1.54) is 18.2 Å². The number of non-ortho nitro benzene ring substituents is 1. The number of fused-ring (bicyclic) bond motifs is 1. The molecule has 1 atom stereocenters. The summed E-state index contributed by atoms with van der Waals surface area (Å²) in [6, 6.07) is 9.29. The molecule has 4 nitrogen and oxygen atoms in total. The predicted molar refractivity (Wildman–Crippen MR) is 79.2 cm³/mol. The Balaban J connectivity index is 1.86. The summed E-state index contributed by atoms with van der Waals surface area (Å²) < 4.78 is 13.7. The zero-order valence-corrected chi connectivity index (χ0v) is 11.7. The second kappa shape index (κ2) is 5.33. The van der Waals surface area contributed by atoms with Gasteiger partial charge in [-0.05, 0) is 36.1 Å². The van der Waals surface area contributed by atoms with Crippen molar-refractivity contribution in [1.82, 2.24) is 0 Å². The molecule has 0 spiro atoms. The highest BCUT2D eigenvalue weighted by atomic mass is 35.5. The number of hydrogen-bond donors (Lipinski definition) is 1. The number of nitrogens with one attached hydrogen (secondary N) is 1. The van der Waals surface area contributed by atoms with Crippen LogP contribution < -0.4 is 5.32 Å². The Bertz CT molecular complexity index is 721. The molecule has 0 bridgehead atoms. The monoisotopic (exact) mass is 306 g/mol. The van der Waals surface area contributed by atoms with Crippen molar-refractivity contribution in [3.63, 3.8) is 0 Å². The van der Waals surface area contributed by atoms with E-state index in [1.807, 2.05) is 6.07 Å². The molecule has 0 aromatic heterocycles. The lowest BCUT2D eigenvalue weighted by Gasteiger charge is -2.16. The molecule has 2 aromatic carbocycles. The lowest BCUT2D eigenvalue weighted by Crippen LogP contribution is -2.07. The average Bonchev–Trinajstić information content (AvgIpc) is 2.85. The van der Waals surface area contributed by atoms with Gasteiger partial charge in [-0.25, -0.2) is 4.39 Å². The summed E-state index contributed by atoms with van der Waals surface area (Å²) in [4.78, 5) is 10.2. The molecule has 0 fully saturated rings. The van der Waals surface area contributed by atoms with Crippen LogP contribution in [0.4, 0.5) is 15.8 Å². The summed E-state index contributed by atoms with van der Waals surface area (Å²) in [6.07, 6.45) is 1.44. The Morgan fingerprint density at radius 2 is 2.14 bits per heavy atom. The minimum Gasteiger partial charge on any atom is -0.377 e. The smallest absolute Gasteiger partial charge is 0.271 e. The summed E-state index contributed by atoms with van der Waals surface area (Å²) in [7, 11) is 0. The normalized spacial score (nSPS) is 16.6. The zero-order chi connectivity index (χ0) is 15.0. The molecule has 6 heteroatoms. The van der Waals surface area contributed by atoms with Crippen molar-refractivity contribution in [3.05, 3.63) is 68.5 Å².